The van der Waals surface area contributed by atoms with Gasteiger partial charge in [-0.25, -0.2) is 17.9 Å². The Hall–Kier alpha value is -0.780. The second-order valence-electron chi connectivity index (χ2n) is 1.73. The van der Waals surface area contributed by atoms with Gasteiger partial charge in [-0.1, -0.05) is 0 Å². The van der Waals surface area contributed by atoms with E-state index in [1.807, 2.05) is 0 Å². The number of hydrogen-bond donors (Lipinski definition) is 1. The van der Waals surface area contributed by atoms with E-state index in [4.69, 9.17) is 0 Å². The highest BCUT2D eigenvalue weighted by Crippen LogP contribution is 1.84. The largest absolute Gasteiger partial charge is 0.449 e. The van der Waals surface area contributed by atoms with E-state index >= 15 is 0 Å². The number of rotatable bonds is 3. The lowest BCUT2D eigenvalue weighted by molar-refractivity contribution is 0.158. The Morgan fingerprint density at radius 1 is 1.45 bits per heavy atom. The quantitative estimate of drug-likeness (QED) is 0.669. The van der Waals surface area contributed by atoms with Gasteiger partial charge in [0, 0.05) is 0 Å². The molecule has 0 fully saturated rings. The highest BCUT2D eigenvalue weighted by Gasteiger charge is 2.11. The Labute approximate surface area is 65.8 Å². The summed E-state index contributed by atoms with van der Waals surface area (Å²) in [5.41, 5.74) is 0. The van der Waals surface area contributed by atoms with Crippen molar-refractivity contribution in [3.8, 4) is 0 Å². The molecule has 0 aliphatic rings. The van der Waals surface area contributed by atoms with E-state index in [0.29, 0.717) is 0 Å². The van der Waals surface area contributed by atoms with Crippen LogP contribution in [0.25, 0.3) is 0 Å². The van der Waals surface area contributed by atoms with E-state index in [2.05, 4.69) is 4.74 Å². The van der Waals surface area contributed by atoms with Crippen LogP contribution in [0.1, 0.15) is 13.8 Å². The molecule has 0 spiro atoms. The number of ether oxygens (including phenoxy) is 1. The zero-order valence-corrected chi connectivity index (χ0v) is 7.27. The summed E-state index contributed by atoms with van der Waals surface area (Å²) in [6.07, 6.45) is -0.922. The molecule has 0 aromatic carbocycles. The number of amides is 1. The monoisotopic (exact) mass is 181 g/mol. The van der Waals surface area contributed by atoms with Crippen molar-refractivity contribution >= 4 is 16.1 Å². The van der Waals surface area contributed by atoms with Gasteiger partial charge >= 0.3 is 6.09 Å². The van der Waals surface area contributed by atoms with Gasteiger partial charge < -0.3 is 4.74 Å². The highest BCUT2D eigenvalue weighted by molar-refractivity contribution is 7.89. The van der Waals surface area contributed by atoms with E-state index in [0.717, 1.165) is 0 Å². The van der Waals surface area contributed by atoms with Crippen molar-refractivity contribution in [2.75, 3.05) is 12.4 Å². The molecule has 5 nitrogen and oxygen atoms in total. The third kappa shape index (κ3) is 4.60. The molecule has 0 bridgehead atoms. The third-order valence-electron chi connectivity index (χ3n) is 0.894. The molecule has 0 radical (unpaired) electrons. The van der Waals surface area contributed by atoms with Gasteiger partial charge in [0.2, 0.25) is 10.0 Å². The maximum absolute atomic E-state index is 10.7. The first-order valence-electron chi connectivity index (χ1n) is 3.19. The van der Waals surface area contributed by atoms with Crippen LogP contribution >= 0.6 is 0 Å². The molecular formula is C5H11NO4S. The van der Waals surface area contributed by atoms with Crippen LogP contribution in [0.2, 0.25) is 0 Å². The van der Waals surface area contributed by atoms with Crippen molar-refractivity contribution in [3.05, 3.63) is 0 Å². The van der Waals surface area contributed by atoms with E-state index in [1.54, 1.807) is 11.6 Å². The number of sulfonamides is 1. The molecule has 0 atom stereocenters. The number of nitrogens with one attached hydrogen (secondary N) is 1. The van der Waals surface area contributed by atoms with Gasteiger partial charge in [0.25, 0.3) is 0 Å². The summed E-state index contributed by atoms with van der Waals surface area (Å²) in [6, 6.07) is 0. The van der Waals surface area contributed by atoms with Crippen molar-refractivity contribution in [1.29, 1.82) is 0 Å². The van der Waals surface area contributed by atoms with E-state index in [9.17, 15) is 13.2 Å². The van der Waals surface area contributed by atoms with Gasteiger partial charge in [-0.15, -0.1) is 0 Å². The molecular weight excluding hydrogens is 170 g/mol. The fourth-order valence-electron chi connectivity index (χ4n) is 0.360. The molecule has 6 heteroatoms. The molecule has 0 heterocycles. The zero-order chi connectivity index (χ0) is 8.91. The first-order chi connectivity index (χ1) is 5.02. The van der Waals surface area contributed by atoms with Gasteiger partial charge in [-0.2, -0.15) is 0 Å². The summed E-state index contributed by atoms with van der Waals surface area (Å²) < 4.78 is 27.4. The van der Waals surface area contributed by atoms with E-state index in [-0.39, 0.29) is 12.4 Å². The molecule has 0 aromatic heterocycles. The second kappa shape index (κ2) is 4.17. The van der Waals surface area contributed by atoms with Crippen LogP contribution in [0.15, 0.2) is 0 Å². The van der Waals surface area contributed by atoms with Crippen LogP contribution in [-0.4, -0.2) is 26.9 Å². The van der Waals surface area contributed by atoms with Crippen molar-refractivity contribution in [1.82, 2.24) is 4.72 Å². The van der Waals surface area contributed by atoms with Crippen LogP contribution in [0.3, 0.4) is 0 Å². The number of carbonyl (C=O) groups excluding carboxylic acids is 1. The molecule has 66 valence electrons. The fraction of sp³-hybridized carbons (Fsp3) is 0.800. The van der Waals surface area contributed by atoms with E-state index < -0.39 is 16.1 Å². The Morgan fingerprint density at radius 3 is 2.36 bits per heavy atom. The molecule has 0 unspecified atom stereocenters. The molecule has 0 saturated heterocycles. The van der Waals surface area contributed by atoms with Crippen molar-refractivity contribution in [2.24, 2.45) is 0 Å². The Balaban J connectivity index is 3.95. The molecule has 1 N–H and O–H groups in total. The summed E-state index contributed by atoms with van der Waals surface area (Å²) in [6.45, 7) is 3.19. The standard InChI is InChI=1S/C5H11NO4S/c1-3-10-5(7)6-11(8,9)4-2/h3-4H2,1-2H3,(H,6,7). The lowest BCUT2D eigenvalue weighted by Gasteiger charge is -2.03. The normalized spacial score (nSPS) is 10.7. The Kier molecular flexibility index (Phi) is 3.88. The smallest absolute Gasteiger partial charge is 0.420 e. The Bertz CT molecular complexity index is 221. The third-order valence-corrected chi connectivity index (χ3v) is 2.13. The molecule has 11 heavy (non-hydrogen) atoms. The molecule has 0 rings (SSSR count). The van der Waals surface area contributed by atoms with Crippen LogP contribution in [0.5, 0.6) is 0 Å². The summed E-state index contributed by atoms with van der Waals surface area (Å²) in [5, 5.41) is 0. The number of hydrogen-bond acceptors (Lipinski definition) is 4. The predicted octanol–water partition coefficient (Wildman–Crippen LogP) is 0.0822. The van der Waals surface area contributed by atoms with Gasteiger partial charge in [0.15, 0.2) is 0 Å². The molecule has 0 aromatic rings. The Morgan fingerprint density at radius 2 is 2.00 bits per heavy atom. The van der Waals surface area contributed by atoms with Crippen LogP contribution < -0.4 is 4.72 Å². The minimum atomic E-state index is -3.47. The lowest BCUT2D eigenvalue weighted by atomic mass is 10.9. The predicted molar refractivity (Wildman–Crippen MR) is 39.6 cm³/mol. The van der Waals surface area contributed by atoms with Crippen LogP contribution in [0.4, 0.5) is 4.79 Å². The second-order valence-corrected chi connectivity index (χ2v) is 3.74. The van der Waals surface area contributed by atoms with Gasteiger partial charge in [-0.3, -0.25) is 0 Å². The number of carbonyl (C=O) groups is 1. The summed E-state index contributed by atoms with van der Waals surface area (Å²) in [5.74, 6) is -0.133. The van der Waals surface area contributed by atoms with Crippen molar-refractivity contribution < 1.29 is 17.9 Å². The molecule has 0 aliphatic heterocycles. The average molecular weight is 181 g/mol. The molecule has 0 saturated carbocycles. The summed E-state index contributed by atoms with van der Waals surface area (Å²) in [4.78, 5) is 10.5. The van der Waals surface area contributed by atoms with Crippen LogP contribution in [-0.2, 0) is 14.8 Å². The first kappa shape index (κ1) is 10.2. The zero-order valence-electron chi connectivity index (χ0n) is 6.46. The summed E-state index contributed by atoms with van der Waals surface area (Å²) >= 11 is 0. The molecule has 0 aliphatic carbocycles. The van der Waals surface area contributed by atoms with Gasteiger partial charge in [0.1, 0.15) is 0 Å². The highest BCUT2D eigenvalue weighted by atomic mass is 32.2. The van der Waals surface area contributed by atoms with Gasteiger partial charge in [0.05, 0.1) is 12.4 Å². The van der Waals surface area contributed by atoms with Crippen molar-refractivity contribution in [2.45, 2.75) is 13.8 Å². The lowest BCUT2D eigenvalue weighted by Crippen LogP contribution is -2.32. The van der Waals surface area contributed by atoms with E-state index in [1.165, 1.54) is 6.92 Å². The molecule has 1 amide bonds. The van der Waals surface area contributed by atoms with Crippen molar-refractivity contribution in [3.63, 3.8) is 0 Å². The fourth-order valence-corrected chi connectivity index (χ4v) is 0.817. The minimum Gasteiger partial charge on any atom is -0.449 e. The summed E-state index contributed by atoms with van der Waals surface area (Å²) in [7, 11) is -3.47. The maximum Gasteiger partial charge on any atom is 0.420 e. The topological polar surface area (TPSA) is 72.5 Å². The SMILES string of the molecule is CCOC(=O)NS(=O)(=O)CC. The van der Waals surface area contributed by atoms with Gasteiger partial charge in [-0.05, 0) is 13.8 Å². The maximum atomic E-state index is 10.7. The first-order valence-corrected chi connectivity index (χ1v) is 4.84. The van der Waals surface area contributed by atoms with Crippen LogP contribution in [0, 0.1) is 0 Å². The minimum absolute atomic E-state index is 0.133. The average Bonchev–Trinajstić information content (AvgIpc) is 1.87.